The van der Waals surface area contributed by atoms with Crippen molar-refractivity contribution in [1.29, 1.82) is 0 Å². The second kappa shape index (κ2) is 6.51. The van der Waals surface area contributed by atoms with Gasteiger partial charge in [-0.25, -0.2) is 0 Å². The molecule has 1 fully saturated rings. The molecule has 1 amide bonds. The number of carbonyl (C=O) groups is 1. The number of nitrogens with zero attached hydrogens (tertiary/aromatic N) is 4. The highest BCUT2D eigenvalue weighted by Gasteiger charge is 2.32. The minimum Gasteiger partial charge on any atom is -0.329 e. The molecule has 5 nitrogen and oxygen atoms in total. The van der Waals surface area contributed by atoms with Gasteiger partial charge < -0.3 is 4.90 Å². The van der Waals surface area contributed by atoms with Gasteiger partial charge >= 0.3 is 0 Å². The second-order valence-corrected chi connectivity index (χ2v) is 6.42. The van der Waals surface area contributed by atoms with Crippen LogP contribution in [0.2, 0.25) is 0 Å². The fourth-order valence-corrected chi connectivity index (χ4v) is 3.42. The van der Waals surface area contributed by atoms with Crippen LogP contribution in [-0.4, -0.2) is 31.9 Å². The molecule has 0 saturated carbocycles. The number of benzene rings is 1. The van der Waals surface area contributed by atoms with Crippen molar-refractivity contribution in [2.45, 2.75) is 25.8 Å². The lowest BCUT2D eigenvalue weighted by Crippen LogP contribution is -2.30. The van der Waals surface area contributed by atoms with Crippen LogP contribution in [0.25, 0.3) is 11.7 Å². The maximum absolute atomic E-state index is 12.7. The molecule has 0 spiro atoms. The van der Waals surface area contributed by atoms with E-state index in [1.807, 2.05) is 64.9 Å². The number of rotatable bonds is 3. The van der Waals surface area contributed by atoms with Crippen LogP contribution in [0.3, 0.4) is 0 Å². The van der Waals surface area contributed by atoms with Gasteiger partial charge in [0.05, 0.1) is 6.04 Å². The van der Waals surface area contributed by atoms with Crippen molar-refractivity contribution in [3.63, 3.8) is 0 Å². The average Bonchev–Trinajstić information content (AvgIpc) is 3.26. The predicted molar refractivity (Wildman–Crippen MR) is 96.9 cm³/mol. The first-order valence-corrected chi connectivity index (χ1v) is 8.57. The third-order valence-corrected chi connectivity index (χ3v) is 4.63. The smallest absolute Gasteiger partial charge is 0.247 e. The molecule has 0 N–H and O–H groups in total. The summed E-state index contributed by atoms with van der Waals surface area (Å²) >= 11 is 0. The Balaban J connectivity index is 1.58. The zero-order valence-corrected chi connectivity index (χ0v) is 14.2. The van der Waals surface area contributed by atoms with Crippen LogP contribution in [0, 0.1) is 6.92 Å². The first-order chi connectivity index (χ1) is 12.2. The van der Waals surface area contributed by atoms with E-state index >= 15 is 0 Å². The number of hydrogen-bond donors (Lipinski definition) is 0. The highest BCUT2D eigenvalue weighted by atomic mass is 16.2. The molecule has 0 aliphatic carbocycles. The molecule has 1 atom stereocenters. The molecule has 1 aliphatic heterocycles. The fourth-order valence-electron chi connectivity index (χ4n) is 3.42. The minimum atomic E-state index is -0.0212. The van der Waals surface area contributed by atoms with Crippen molar-refractivity contribution in [1.82, 2.24) is 19.5 Å². The van der Waals surface area contributed by atoms with Crippen molar-refractivity contribution in [3.8, 4) is 0 Å². The average molecular weight is 332 g/mol. The number of carbonyl (C=O) groups excluding carboxylic acids is 1. The molecule has 5 heteroatoms. The van der Waals surface area contributed by atoms with E-state index in [1.54, 1.807) is 6.08 Å². The van der Waals surface area contributed by atoms with E-state index in [0.29, 0.717) is 0 Å². The number of amides is 1. The molecular weight excluding hydrogens is 312 g/mol. The van der Waals surface area contributed by atoms with E-state index in [2.05, 4.69) is 16.3 Å². The summed E-state index contributed by atoms with van der Waals surface area (Å²) in [4.78, 5) is 14.6. The minimum absolute atomic E-state index is 0.0212. The van der Waals surface area contributed by atoms with E-state index in [1.165, 1.54) is 5.56 Å². The lowest BCUT2D eigenvalue weighted by atomic mass is 10.1. The van der Waals surface area contributed by atoms with Gasteiger partial charge in [-0.2, -0.15) is 0 Å². The van der Waals surface area contributed by atoms with Gasteiger partial charge in [0.25, 0.3) is 0 Å². The van der Waals surface area contributed by atoms with Crippen molar-refractivity contribution < 1.29 is 4.79 Å². The lowest BCUT2D eigenvalue weighted by molar-refractivity contribution is -0.127. The van der Waals surface area contributed by atoms with Gasteiger partial charge in [0.15, 0.2) is 11.5 Å². The summed E-state index contributed by atoms with van der Waals surface area (Å²) in [5.74, 6) is 0.863. The van der Waals surface area contributed by atoms with Crippen LogP contribution >= 0.6 is 0 Å². The molecule has 0 unspecified atom stereocenters. The molecule has 1 aromatic carbocycles. The monoisotopic (exact) mass is 332 g/mol. The molecule has 1 aliphatic rings. The van der Waals surface area contributed by atoms with Crippen molar-refractivity contribution in [2.75, 3.05) is 6.54 Å². The Labute approximate surface area is 146 Å². The van der Waals surface area contributed by atoms with Gasteiger partial charge in [0.1, 0.15) is 0 Å². The summed E-state index contributed by atoms with van der Waals surface area (Å²) in [7, 11) is 0. The Morgan fingerprint density at radius 2 is 2.12 bits per heavy atom. The molecule has 0 bridgehead atoms. The molecule has 4 rings (SSSR count). The maximum atomic E-state index is 12.7. The Morgan fingerprint density at radius 3 is 3.00 bits per heavy atom. The zero-order chi connectivity index (χ0) is 17.2. The second-order valence-electron chi connectivity index (χ2n) is 6.42. The molecule has 2 aromatic heterocycles. The van der Waals surface area contributed by atoms with Crippen LogP contribution in [0.15, 0.2) is 54.7 Å². The van der Waals surface area contributed by atoms with Crippen LogP contribution in [0.1, 0.15) is 35.8 Å². The van der Waals surface area contributed by atoms with Gasteiger partial charge in [-0.15, -0.1) is 10.2 Å². The zero-order valence-electron chi connectivity index (χ0n) is 14.2. The summed E-state index contributed by atoms with van der Waals surface area (Å²) in [5, 5.41) is 8.55. The molecule has 1 saturated heterocycles. The Kier molecular flexibility index (Phi) is 4.06. The Morgan fingerprint density at radius 1 is 1.20 bits per heavy atom. The summed E-state index contributed by atoms with van der Waals surface area (Å²) in [5.41, 5.74) is 3.03. The summed E-state index contributed by atoms with van der Waals surface area (Å²) in [6.07, 6.45) is 7.40. The summed E-state index contributed by atoms with van der Waals surface area (Å²) in [6, 6.07) is 13.9. The van der Waals surface area contributed by atoms with Crippen molar-refractivity contribution in [3.05, 3.63) is 71.7 Å². The first-order valence-electron chi connectivity index (χ1n) is 8.57. The normalized spacial score (nSPS) is 17.6. The highest BCUT2D eigenvalue weighted by molar-refractivity contribution is 5.92. The van der Waals surface area contributed by atoms with Gasteiger partial charge in [-0.1, -0.05) is 35.9 Å². The number of pyridine rings is 1. The Bertz CT molecular complexity index is 944. The van der Waals surface area contributed by atoms with E-state index in [4.69, 9.17) is 0 Å². The molecule has 0 radical (unpaired) electrons. The predicted octanol–water partition coefficient (Wildman–Crippen LogP) is 3.41. The molecule has 3 aromatic rings. The van der Waals surface area contributed by atoms with E-state index in [0.717, 1.165) is 36.4 Å². The number of aryl methyl sites for hydroxylation is 1. The maximum Gasteiger partial charge on any atom is 0.247 e. The van der Waals surface area contributed by atoms with Gasteiger partial charge in [0.2, 0.25) is 5.91 Å². The number of hydrogen-bond acceptors (Lipinski definition) is 3. The standard InChI is InChI=1S/C20H20N4O/c1-15-6-4-7-16(14-15)10-11-19(25)23-13-5-8-17(23)20-22-21-18-9-2-3-12-24(18)20/h2-4,6-7,9-12,14,17H,5,8,13H2,1H3/b11-10+/t17-/m1/s1. The third kappa shape index (κ3) is 3.05. The molecule has 25 heavy (non-hydrogen) atoms. The number of fused-ring (bicyclic) bond motifs is 1. The first kappa shape index (κ1) is 15.6. The van der Waals surface area contributed by atoms with Crippen LogP contribution < -0.4 is 0 Å². The van der Waals surface area contributed by atoms with Gasteiger partial charge in [0, 0.05) is 18.8 Å². The summed E-state index contributed by atoms with van der Waals surface area (Å²) in [6.45, 7) is 2.80. The highest BCUT2D eigenvalue weighted by Crippen LogP contribution is 2.31. The number of likely N-dealkylation sites (tertiary alicyclic amines) is 1. The SMILES string of the molecule is Cc1cccc(/C=C/C(=O)N2CCC[C@@H]2c2nnc3ccccn23)c1. The van der Waals surface area contributed by atoms with Gasteiger partial charge in [-0.05, 0) is 43.5 Å². The summed E-state index contributed by atoms with van der Waals surface area (Å²) < 4.78 is 1.97. The van der Waals surface area contributed by atoms with E-state index in [-0.39, 0.29) is 11.9 Å². The van der Waals surface area contributed by atoms with Crippen LogP contribution in [0.5, 0.6) is 0 Å². The Hall–Kier alpha value is -2.95. The topological polar surface area (TPSA) is 50.5 Å². The van der Waals surface area contributed by atoms with Crippen LogP contribution in [-0.2, 0) is 4.79 Å². The third-order valence-electron chi connectivity index (χ3n) is 4.63. The fraction of sp³-hybridized carbons (Fsp3) is 0.250. The molecule has 126 valence electrons. The molecular formula is C20H20N4O. The number of aromatic nitrogens is 3. The van der Waals surface area contributed by atoms with Crippen LogP contribution in [0.4, 0.5) is 0 Å². The molecule has 3 heterocycles. The van der Waals surface area contributed by atoms with Gasteiger partial charge in [-0.3, -0.25) is 9.20 Å². The van der Waals surface area contributed by atoms with E-state index < -0.39 is 0 Å². The van der Waals surface area contributed by atoms with Crippen molar-refractivity contribution in [2.24, 2.45) is 0 Å². The quantitative estimate of drug-likeness (QED) is 0.691. The van der Waals surface area contributed by atoms with E-state index in [9.17, 15) is 4.79 Å². The largest absolute Gasteiger partial charge is 0.329 e. The van der Waals surface area contributed by atoms with Crippen molar-refractivity contribution >= 4 is 17.6 Å². The lowest BCUT2D eigenvalue weighted by Gasteiger charge is -2.22.